The van der Waals surface area contributed by atoms with Gasteiger partial charge in [-0.3, -0.25) is 9.59 Å². The molecule has 2 aromatic heterocycles. The molecule has 5 nitrogen and oxygen atoms in total. The highest BCUT2D eigenvalue weighted by molar-refractivity contribution is 7.16. The van der Waals surface area contributed by atoms with Crippen LogP contribution in [0.3, 0.4) is 0 Å². The van der Waals surface area contributed by atoms with E-state index in [0.717, 1.165) is 5.56 Å². The second kappa shape index (κ2) is 7.27. The maximum absolute atomic E-state index is 12.6. The summed E-state index contributed by atoms with van der Waals surface area (Å²) in [6, 6.07) is 16.4. The van der Waals surface area contributed by atoms with Gasteiger partial charge in [0.1, 0.15) is 5.82 Å². The summed E-state index contributed by atoms with van der Waals surface area (Å²) in [6.45, 7) is 0.510. The molecule has 0 saturated heterocycles. The lowest BCUT2D eigenvalue weighted by Gasteiger charge is -2.16. The molecule has 0 aliphatic carbocycles. The van der Waals surface area contributed by atoms with E-state index in [4.69, 9.17) is 5.73 Å². The average Bonchev–Trinajstić information content (AvgIpc) is 3.12. The smallest absolute Gasteiger partial charge is 0.263 e. The zero-order chi connectivity index (χ0) is 17.8. The zero-order valence-corrected chi connectivity index (χ0v) is 14.5. The predicted octanol–water partition coefficient (Wildman–Crippen LogP) is 3.23. The topological polar surface area (TPSA) is 76.3 Å². The molecule has 0 saturated carbocycles. The van der Waals surface area contributed by atoms with Gasteiger partial charge >= 0.3 is 0 Å². The number of aromatic nitrogens is 1. The highest BCUT2D eigenvalue weighted by Gasteiger charge is 2.19. The maximum atomic E-state index is 12.6. The van der Waals surface area contributed by atoms with E-state index in [-0.39, 0.29) is 17.5 Å². The molecule has 0 bridgehead atoms. The molecular formula is C19H17N3O2S. The first-order valence-corrected chi connectivity index (χ1v) is 8.52. The Labute approximate surface area is 149 Å². The number of benzene rings is 1. The fourth-order valence-corrected chi connectivity index (χ4v) is 3.39. The van der Waals surface area contributed by atoms with E-state index in [1.165, 1.54) is 17.5 Å². The molecule has 1 amide bonds. The van der Waals surface area contributed by atoms with E-state index in [2.05, 4.69) is 4.98 Å². The van der Waals surface area contributed by atoms with Gasteiger partial charge in [0.2, 0.25) is 5.78 Å². The molecule has 0 atom stereocenters. The Morgan fingerprint density at radius 2 is 1.76 bits per heavy atom. The summed E-state index contributed by atoms with van der Waals surface area (Å²) >= 11 is 1.17. The monoisotopic (exact) mass is 351 g/mol. The third-order valence-corrected chi connectivity index (χ3v) is 4.81. The molecule has 0 fully saturated rings. The van der Waals surface area contributed by atoms with Crippen LogP contribution >= 0.6 is 11.3 Å². The SMILES string of the molecule is CN(Cc1ccccc1)C(=O)c1ccc(C(=O)c2cccnc2N)s1. The van der Waals surface area contributed by atoms with Crippen molar-refractivity contribution in [1.82, 2.24) is 9.88 Å². The Morgan fingerprint density at radius 1 is 1.04 bits per heavy atom. The third kappa shape index (κ3) is 3.75. The number of carbonyl (C=O) groups excluding carboxylic acids is 2. The minimum absolute atomic E-state index is 0.118. The molecule has 25 heavy (non-hydrogen) atoms. The van der Waals surface area contributed by atoms with Crippen molar-refractivity contribution < 1.29 is 9.59 Å². The maximum Gasteiger partial charge on any atom is 0.263 e. The number of nitrogens with zero attached hydrogens (tertiary/aromatic N) is 2. The number of anilines is 1. The largest absolute Gasteiger partial charge is 0.383 e. The Morgan fingerprint density at radius 3 is 2.48 bits per heavy atom. The highest BCUT2D eigenvalue weighted by Crippen LogP contribution is 2.23. The van der Waals surface area contributed by atoms with Crippen LogP contribution in [0.4, 0.5) is 5.82 Å². The molecular weight excluding hydrogens is 334 g/mol. The zero-order valence-electron chi connectivity index (χ0n) is 13.7. The van der Waals surface area contributed by atoms with Gasteiger partial charge in [-0.25, -0.2) is 4.98 Å². The molecule has 3 rings (SSSR count). The third-order valence-electron chi connectivity index (χ3n) is 3.73. The first-order valence-electron chi connectivity index (χ1n) is 7.70. The van der Waals surface area contributed by atoms with Gasteiger partial charge in [-0.05, 0) is 29.8 Å². The van der Waals surface area contributed by atoms with Crippen molar-refractivity contribution in [2.75, 3.05) is 12.8 Å². The molecule has 0 radical (unpaired) electrons. The summed E-state index contributed by atoms with van der Waals surface area (Å²) < 4.78 is 0. The number of hydrogen-bond donors (Lipinski definition) is 1. The molecule has 3 aromatic rings. The van der Waals surface area contributed by atoms with E-state index in [0.29, 0.717) is 21.9 Å². The van der Waals surface area contributed by atoms with Crippen molar-refractivity contribution in [2.24, 2.45) is 0 Å². The molecule has 0 spiro atoms. The minimum atomic E-state index is -0.222. The lowest BCUT2D eigenvalue weighted by molar-refractivity contribution is 0.0789. The summed E-state index contributed by atoms with van der Waals surface area (Å²) in [6.07, 6.45) is 1.54. The van der Waals surface area contributed by atoms with Crippen LogP contribution in [0.2, 0.25) is 0 Å². The molecule has 0 aliphatic rings. The summed E-state index contributed by atoms with van der Waals surface area (Å²) in [7, 11) is 1.75. The Balaban J connectivity index is 1.75. The fraction of sp³-hybridized carbons (Fsp3) is 0.105. The molecule has 126 valence electrons. The van der Waals surface area contributed by atoms with Crippen LogP contribution in [0.25, 0.3) is 0 Å². The van der Waals surface area contributed by atoms with E-state index in [1.54, 1.807) is 36.2 Å². The first-order chi connectivity index (χ1) is 12.1. The summed E-state index contributed by atoms with van der Waals surface area (Å²) in [5.41, 5.74) is 7.16. The number of ketones is 1. The number of nitrogen functional groups attached to an aromatic ring is 1. The fourth-order valence-electron chi connectivity index (χ4n) is 2.43. The van der Waals surface area contributed by atoms with Crippen molar-refractivity contribution >= 4 is 28.8 Å². The Kier molecular flexibility index (Phi) is 4.90. The molecule has 6 heteroatoms. The molecule has 0 aliphatic heterocycles. The second-order valence-electron chi connectivity index (χ2n) is 5.58. The van der Waals surface area contributed by atoms with Crippen LogP contribution in [-0.4, -0.2) is 28.6 Å². The van der Waals surface area contributed by atoms with Crippen molar-refractivity contribution in [1.29, 1.82) is 0 Å². The molecule has 2 N–H and O–H groups in total. The number of amides is 1. The van der Waals surface area contributed by atoms with Crippen LogP contribution in [0.1, 0.15) is 30.5 Å². The quantitative estimate of drug-likeness (QED) is 0.716. The van der Waals surface area contributed by atoms with Crippen LogP contribution in [0.5, 0.6) is 0 Å². The number of rotatable bonds is 5. The highest BCUT2D eigenvalue weighted by atomic mass is 32.1. The summed E-state index contributed by atoms with van der Waals surface area (Å²) in [4.78, 5) is 31.7. The van der Waals surface area contributed by atoms with Gasteiger partial charge in [0, 0.05) is 19.8 Å². The first kappa shape index (κ1) is 16.9. The van der Waals surface area contributed by atoms with Crippen molar-refractivity contribution in [3.05, 3.63) is 81.7 Å². The van der Waals surface area contributed by atoms with Crippen LogP contribution < -0.4 is 5.73 Å². The van der Waals surface area contributed by atoms with Crippen molar-refractivity contribution in [3.63, 3.8) is 0 Å². The lowest BCUT2D eigenvalue weighted by Crippen LogP contribution is -2.25. The summed E-state index contributed by atoms with van der Waals surface area (Å²) in [5.74, 6) is -0.151. The van der Waals surface area contributed by atoms with E-state index in [9.17, 15) is 9.59 Å². The van der Waals surface area contributed by atoms with Gasteiger partial charge < -0.3 is 10.6 Å². The van der Waals surface area contributed by atoms with Gasteiger partial charge in [-0.1, -0.05) is 30.3 Å². The summed E-state index contributed by atoms with van der Waals surface area (Å²) in [5, 5.41) is 0. The number of hydrogen-bond acceptors (Lipinski definition) is 5. The van der Waals surface area contributed by atoms with Gasteiger partial charge in [-0.2, -0.15) is 0 Å². The standard InChI is InChI=1S/C19H17N3O2S/c1-22(12-13-6-3-2-4-7-13)19(24)16-10-9-15(25-16)17(23)14-8-5-11-21-18(14)20/h2-11H,12H2,1H3,(H2,20,21). The van der Waals surface area contributed by atoms with E-state index in [1.807, 2.05) is 30.3 Å². The lowest BCUT2D eigenvalue weighted by atomic mass is 10.1. The van der Waals surface area contributed by atoms with Gasteiger partial charge in [0.25, 0.3) is 5.91 Å². The van der Waals surface area contributed by atoms with Gasteiger partial charge in [-0.15, -0.1) is 11.3 Å². The molecule has 2 heterocycles. The predicted molar refractivity (Wildman–Crippen MR) is 98.6 cm³/mol. The van der Waals surface area contributed by atoms with Gasteiger partial charge in [0.05, 0.1) is 15.3 Å². The van der Waals surface area contributed by atoms with Crippen molar-refractivity contribution in [3.8, 4) is 0 Å². The van der Waals surface area contributed by atoms with Crippen LogP contribution in [-0.2, 0) is 6.54 Å². The normalized spacial score (nSPS) is 10.4. The number of thiophene rings is 1. The van der Waals surface area contributed by atoms with Crippen LogP contribution in [0, 0.1) is 0 Å². The minimum Gasteiger partial charge on any atom is -0.383 e. The van der Waals surface area contributed by atoms with Crippen molar-refractivity contribution in [2.45, 2.75) is 6.54 Å². The Bertz CT molecular complexity index is 906. The number of pyridine rings is 1. The Hall–Kier alpha value is -2.99. The van der Waals surface area contributed by atoms with Gasteiger partial charge in [0.15, 0.2) is 0 Å². The van der Waals surface area contributed by atoms with E-state index >= 15 is 0 Å². The van der Waals surface area contributed by atoms with E-state index < -0.39 is 0 Å². The number of nitrogens with two attached hydrogens (primary N) is 1. The molecule has 0 unspecified atom stereocenters. The molecule has 1 aromatic carbocycles. The average molecular weight is 351 g/mol. The van der Waals surface area contributed by atoms with Crippen LogP contribution in [0.15, 0.2) is 60.8 Å². The number of carbonyl (C=O) groups is 2. The second-order valence-corrected chi connectivity index (χ2v) is 6.66.